The van der Waals surface area contributed by atoms with Gasteiger partial charge in [0.1, 0.15) is 22.7 Å². The predicted octanol–water partition coefficient (Wildman–Crippen LogP) is 5.94. The van der Waals surface area contributed by atoms with Crippen molar-refractivity contribution in [2.75, 3.05) is 36.9 Å². The van der Waals surface area contributed by atoms with E-state index in [0.29, 0.717) is 54.0 Å². The lowest BCUT2D eigenvalue weighted by atomic mass is 10.0. The molecule has 1 aliphatic carbocycles. The lowest BCUT2D eigenvalue weighted by molar-refractivity contribution is 0.0640. The molecule has 0 saturated heterocycles. The summed E-state index contributed by atoms with van der Waals surface area (Å²) in [6.45, 7) is 2.74. The number of fused-ring (bicyclic) bond motifs is 1. The Hall–Kier alpha value is -4.59. The maximum atomic E-state index is 13.7. The molecular weight excluding hydrogens is 631 g/mol. The fourth-order valence-electron chi connectivity index (χ4n) is 5.28. The van der Waals surface area contributed by atoms with E-state index < -0.39 is 27.9 Å². The van der Waals surface area contributed by atoms with Crippen molar-refractivity contribution in [3.05, 3.63) is 88.7 Å². The molecule has 0 spiro atoms. The van der Waals surface area contributed by atoms with Crippen LogP contribution in [0.2, 0.25) is 0 Å². The van der Waals surface area contributed by atoms with Crippen molar-refractivity contribution in [3.8, 4) is 11.3 Å². The maximum absolute atomic E-state index is 13.7. The summed E-state index contributed by atoms with van der Waals surface area (Å²) >= 11 is 0. The third-order valence-electron chi connectivity index (χ3n) is 7.65. The average molecular weight is 667 g/mol. The van der Waals surface area contributed by atoms with Crippen LogP contribution in [0.4, 0.5) is 14.9 Å². The summed E-state index contributed by atoms with van der Waals surface area (Å²) in [5.74, 6) is -1.50. The van der Waals surface area contributed by atoms with Crippen LogP contribution in [0.1, 0.15) is 63.9 Å². The largest absolute Gasteiger partial charge is 0.455 e. The standard InChI is InChI=1S/C34H35FN2O9S/c1-21(38)25-6-3-5-22(17-25)20-44-15-4-14-43-16-13-37(47(2,41)42)29-19-30-28(18-27(29)23-7-8-23)31(33(39)46-34(36)40)32(45-30)24-9-11-26(35)12-10-24/h3,5-6,9-12,17-19,23H,4,7-8,13-16,20H2,1-2H3,(H2,36,40). The topological polar surface area (TPSA) is 155 Å². The zero-order valence-corrected chi connectivity index (χ0v) is 26.8. The van der Waals surface area contributed by atoms with Crippen molar-refractivity contribution < 1.29 is 45.8 Å². The normalized spacial score (nSPS) is 13.1. The summed E-state index contributed by atoms with van der Waals surface area (Å²) < 4.78 is 63.3. The molecule has 0 aliphatic heterocycles. The van der Waals surface area contributed by atoms with Gasteiger partial charge in [0.15, 0.2) is 5.78 Å². The maximum Gasteiger partial charge on any atom is 0.412 e. The molecule has 3 aromatic carbocycles. The summed E-state index contributed by atoms with van der Waals surface area (Å²) in [6.07, 6.45) is 2.01. The molecule has 248 valence electrons. The first-order valence-corrected chi connectivity index (χ1v) is 16.9. The van der Waals surface area contributed by atoms with Gasteiger partial charge < -0.3 is 24.4 Å². The van der Waals surface area contributed by atoms with Crippen molar-refractivity contribution >= 4 is 44.5 Å². The zero-order chi connectivity index (χ0) is 33.7. The molecule has 1 amide bonds. The molecule has 1 aromatic heterocycles. The van der Waals surface area contributed by atoms with Crippen molar-refractivity contribution in [3.63, 3.8) is 0 Å². The van der Waals surface area contributed by atoms with E-state index in [1.54, 1.807) is 24.3 Å². The second kappa shape index (κ2) is 14.4. The van der Waals surface area contributed by atoms with Gasteiger partial charge in [-0.05, 0) is 79.6 Å². The van der Waals surface area contributed by atoms with Gasteiger partial charge in [0.25, 0.3) is 0 Å². The molecule has 0 unspecified atom stereocenters. The quantitative estimate of drug-likeness (QED) is 0.0702. The van der Waals surface area contributed by atoms with Crippen molar-refractivity contribution in [2.24, 2.45) is 5.73 Å². The number of rotatable bonds is 15. The van der Waals surface area contributed by atoms with E-state index in [1.165, 1.54) is 35.5 Å². The fraction of sp³-hybridized carbons (Fsp3) is 0.324. The second-order valence-electron chi connectivity index (χ2n) is 11.3. The lowest BCUT2D eigenvalue weighted by Gasteiger charge is -2.25. The molecule has 1 aliphatic rings. The van der Waals surface area contributed by atoms with Gasteiger partial charge in [-0.25, -0.2) is 22.4 Å². The van der Waals surface area contributed by atoms with Gasteiger partial charge >= 0.3 is 12.1 Å². The fourth-order valence-corrected chi connectivity index (χ4v) is 6.21. The first kappa shape index (κ1) is 33.8. The first-order chi connectivity index (χ1) is 22.4. The minimum Gasteiger partial charge on any atom is -0.455 e. The molecule has 5 rings (SSSR count). The number of primary amides is 1. The van der Waals surface area contributed by atoms with Crippen LogP contribution in [0.5, 0.6) is 0 Å². The summed E-state index contributed by atoms with van der Waals surface area (Å²) in [7, 11) is -3.78. The van der Waals surface area contributed by atoms with E-state index in [-0.39, 0.29) is 41.8 Å². The zero-order valence-electron chi connectivity index (χ0n) is 26.0. The number of amides is 1. The molecule has 4 aromatic rings. The van der Waals surface area contributed by atoms with E-state index in [1.807, 2.05) is 12.1 Å². The molecule has 0 atom stereocenters. The number of nitrogens with zero attached hydrogens (tertiary/aromatic N) is 1. The molecule has 0 bridgehead atoms. The van der Waals surface area contributed by atoms with E-state index in [0.717, 1.165) is 24.7 Å². The molecule has 1 saturated carbocycles. The molecule has 2 N–H and O–H groups in total. The van der Waals surface area contributed by atoms with Gasteiger partial charge in [-0.15, -0.1) is 0 Å². The van der Waals surface area contributed by atoms with Gasteiger partial charge in [-0.2, -0.15) is 0 Å². The van der Waals surface area contributed by atoms with Gasteiger partial charge in [-0.1, -0.05) is 18.2 Å². The SMILES string of the molecule is CC(=O)c1cccc(COCCCOCCN(c2cc3oc(-c4ccc(F)cc4)c(C(=O)OC(N)=O)c3cc2C2CC2)S(C)(=O)=O)c1. The van der Waals surface area contributed by atoms with Crippen molar-refractivity contribution in [1.29, 1.82) is 0 Å². The third kappa shape index (κ3) is 8.42. The van der Waals surface area contributed by atoms with Crippen LogP contribution in [0, 0.1) is 5.82 Å². The Morgan fingerprint density at radius 1 is 1.00 bits per heavy atom. The number of esters is 1. The highest BCUT2D eigenvalue weighted by atomic mass is 32.2. The van der Waals surface area contributed by atoms with Crippen LogP contribution >= 0.6 is 0 Å². The molecule has 11 nitrogen and oxygen atoms in total. The Balaban J connectivity index is 1.32. The van der Waals surface area contributed by atoms with Gasteiger partial charge in [0.05, 0.1) is 31.7 Å². The highest BCUT2D eigenvalue weighted by Gasteiger charge is 2.33. The Bertz CT molecular complexity index is 1900. The van der Waals surface area contributed by atoms with Crippen LogP contribution in [0.25, 0.3) is 22.3 Å². The van der Waals surface area contributed by atoms with Crippen molar-refractivity contribution in [1.82, 2.24) is 0 Å². The Morgan fingerprint density at radius 2 is 1.72 bits per heavy atom. The molecule has 47 heavy (non-hydrogen) atoms. The number of hydrogen-bond acceptors (Lipinski definition) is 9. The predicted molar refractivity (Wildman–Crippen MR) is 172 cm³/mol. The summed E-state index contributed by atoms with van der Waals surface area (Å²) in [6, 6.07) is 15.7. The van der Waals surface area contributed by atoms with E-state index >= 15 is 0 Å². The minimum absolute atomic E-state index is 0.0128. The number of nitrogens with two attached hydrogens (primary N) is 1. The van der Waals surface area contributed by atoms with Crippen molar-refractivity contribution in [2.45, 2.75) is 38.7 Å². The van der Waals surface area contributed by atoms with Crippen LogP contribution in [-0.2, 0) is 30.8 Å². The second-order valence-corrected chi connectivity index (χ2v) is 13.2. The number of sulfonamides is 1. The lowest BCUT2D eigenvalue weighted by Crippen LogP contribution is -2.34. The van der Waals surface area contributed by atoms with Gasteiger partial charge in [-0.3, -0.25) is 9.10 Å². The average Bonchev–Trinajstić information content (AvgIpc) is 3.79. The van der Waals surface area contributed by atoms with Crippen LogP contribution < -0.4 is 10.0 Å². The Kier molecular flexibility index (Phi) is 10.4. The number of ketones is 1. The molecule has 1 heterocycles. The number of furan rings is 1. The third-order valence-corrected chi connectivity index (χ3v) is 8.83. The smallest absolute Gasteiger partial charge is 0.412 e. The number of benzene rings is 3. The first-order valence-electron chi connectivity index (χ1n) is 15.0. The highest BCUT2D eigenvalue weighted by Crippen LogP contribution is 2.48. The highest BCUT2D eigenvalue weighted by molar-refractivity contribution is 7.92. The Morgan fingerprint density at radius 3 is 2.38 bits per heavy atom. The van der Waals surface area contributed by atoms with Gasteiger partial charge in [0, 0.05) is 35.8 Å². The summed E-state index contributed by atoms with van der Waals surface area (Å²) in [5.41, 5.74) is 8.13. The van der Waals surface area contributed by atoms with Crippen LogP contribution in [-0.4, -0.2) is 58.9 Å². The molecule has 13 heteroatoms. The van der Waals surface area contributed by atoms with E-state index in [4.69, 9.17) is 24.4 Å². The van der Waals surface area contributed by atoms with E-state index in [2.05, 4.69) is 0 Å². The molecule has 1 fully saturated rings. The number of ether oxygens (including phenoxy) is 3. The van der Waals surface area contributed by atoms with Gasteiger partial charge in [0.2, 0.25) is 10.0 Å². The number of carbonyl (C=O) groups excluding carboxylic acids is 3. The number of anilines is 1. The number of carbonyl (C=O) groups is 3. The Labute approximate surface area is 271 Å². The monoisotopic (exact) mass is 666 g/mol. The van der Waals surface area contributed by atoms with Crippen LogP contribution in [0.15, 0.2) is 65.1 Å². The molecule has 0 radical (unpaired) electrons. The minimum atomic E-state index is -3.78. The van der Waals surface area contributed by atoms with Crippen LogP contribution in [0.3, 0.4) is 0 Å². The number of hydrogen-bond donors (Lipinski definition) is 1. The number of halogens is 1. The number of Topliss-reactive ketones (excluding diaryl/α,β-unsaturated/α-hetero) is 1. The summed E-state index contributed by atoms with van der Waals surface area (Å²) in [4.78, 5) is 36.1. The summed E-state index contributed by atoms with van der Waals surface area (Å²) in [5, 5.41) is 0.305. The van der Waals surface area contributed by atoms with E-state index in [9.17, 15) is 27.2 Å². The molecular formula is C34H35FN2O9S.